The van der Waals surface area contributed by atoms with Crippen molar-refractivity contribution in [1.29, 1.82) is 0 Å². The number of nitro benzene ring substituents is 1. The van der Waals surface area contributed by atoms with E-state index in [1.807, 2.05) is 0 Å². The van der Waals surface area contributed by atoms with Crippen LogP contribution in [0, 0.1) is 15.9 Å². The zero-order chi connectivity index (χ0) is 24.4. The molecule has 172 valence electrons. The summed E-state index contributed by atoms with van der Waals surface area (Å²) in [6, 6.07) is 7.22. The Kier molecular flexibility index (Phi) is 5.70. The molecule has 0 atom stereocenters. The molecule has 4 rings (SSSR count). The number of fused-ring (bicyclic) bond motifs is 1. The SMILES string of the molecule is O=C(NCc1cn(-c2cc3nc(C(=O)O)c(=O)[nH]c3cc2[N+](=O)[O-])cn1)Nc1ccccc1F. The monoisotopic (exact) mass is 467 g/mol. The smallest absolute Gasteiger partial charge is 0.360 e. The van der Waals surface area contributed by atoms with Crippen molar-refractivity contribution in [3.8, 4) is 5.69 Å². The molecule has 0 bridgehead atoms. The summed E-state index contributed by atoms with van der Waals surface area (Å²) in [5, 5.41) is 25.5. The van der Waals surface area contributed by atoms with Gasteiger partial charge in [-0.3, -0.25) is 19.5 Å². The minimum absolute atomic E-state index is 0.00273. The van der Waals surface area contributed by atoms with Crippen LogP contribution in [0.25, 0.3) is 16.7 Å². The Morgan fingerprint density at radius 1 is 1.26 bits per heavy atom. The van der Waals surface area contributed by atoms with Gasteiger partial charge in [0.15, 0.2) is 0 Å². The lowest BCUT2D eigenvalue weighted by atomic mass is 10.2. The molecule has 0 spiro atoms. The molecule has 2 aromatic heterocycles. The first kappa shape index (κ1) is 22.1. The van der Waals surface area contributed by atoms with E-state index in [9.17, 15) is 28.9 Å². The number of imidazole rings is 1. The zero-order valence-electron chi connectivity index (χ0n) is 17.0. The number of anilines is 1. The fourth-order valence-electron chi connectivity index (χ4n) is 3.10. The lowest BCUT2D eigenvalue weighted by Crippen LogP contribution is -2.28. The van der Waals surface area contributed by atoms with Gasteiger partial charge in [0.2, 0.25) is 5.69 Å². The summed E-state index contributed by atoms with van der Waals surface area (Å²) in [6.07, 6.45) is 2.66. The number of benzene rings is 2. The number of urea groups is 1. The summed E-state index contributed by atoms with van der Waals surface area (Å²) in [7, 11) is 0. The van der Waals surface area contributed by atoms with Gasteiger partial charge >= 0.3 is 12.0 Å². The maximum absolute atomic E-state index is 13.6. The van der Waals surface area contributed by atoms with Crippen LogP contribution in [-0.4, -0.2) is 41.5 Å². The van der Waals surface area contributed by atoms with Crippen LogP contribution in [0.3, 0.4) is 0 Å². The lowest BCUT2D eigenvalue weighted by molar-refractivity contribution is -0.384. The van der Waals surface area contributed by atoms with E-state index in [2.05, 4.69) is 25.6 Å². The molecule has 4 N–H and O–H groups in total. The normalized spacial score (nSPS) is 10.7. The van der Waals surface area contributed by atoms with E-state index in [0.29, 0.717) is 5.69 Å². The maximum Gasteiger partial charge on any atom is 0.360 e. The highest BCUT2D eigenvalue weighted by Gasteiger charge is 2.21. The topological polar surface area (TPSA) is 185 Å². The summed E-state index contributed by atoms with van der Waals surface area (Å²) < 4.78 is 14.9. The Bertz CT molecular complexity index is 1510. The molecule has 0 aliphatic heterocycles. The van der Waals surface area contributed by atoms with Crippen molar-refractivity contribution in [2.75, 3.05) is 5.32 Å². The first-order valence-electron chi connectivity index (χ1n) is 9.51. The number of halogens is 1. The van der Waals surface area contributed by atoms with Crippen molar-refractivity contribution >= 4 is 34.4 Å². The second-order valence-corrected chi connectivity index (χ2v) is 6.89. The molecule has 0 unspecified atom stereocenters. The molecule has 4 aromatic rings. The van der Waals surface area contributed by atoms with Gasteiger partial charge in [0.1, 0.15) is 11.5 Å². The molecule has 0 saturated carbocycles. The summed E-state index contributed by atoms with van der Waals surface area (Å²) >= 11 is 0. The number of nitrogens with zero attached hydrogens (tertiary/aromatic N) is 4. The largest absolute Gasteiger partial charge is 0.476 e. The maximum atomic E-state index is 13.6. The van der Waals surface area contributed by atoms with Crippen LogP contribution in [0.1, 0.15) is 16.2 Å². The molecular formula is C20H14FN7O6. The first-order chi connectivity index (χ1) is 16.2. The Morgan fingerprint density at radius 3 is 2.74 bits per heavy atom. The number of carbonyl (C=O) groups is 2. The third-order valence-electron chi connectivity index (χ3n) is 4.65. The van der Waals surface area contributed by atoms with Crippen LogP contribution in [0.5, 0.6) is 0 Å². The zero-order valence-corrected chi connectivity index (χ0v) is 17.0. The van der Waals surface area contributed by atoms with Crippen molar-refractivity contribution in [3.05, 3.63) is 86.6 Å². The molecule has 0 saturated heterocycles. The Hall–Kier alpha value is -5.14. The molecule has 13 nitrogen and oxygen atoms in total. The number of hydrogen-bond donors (Lipinski definition) is 4. The van der Waals surface area contributed by atoms with Crippen LogP contribution < -0.4 is 16.2 Å². The van der Waals surface area contributed by atoms with Gasteiger partial charge in [-0.15, -0.1) is 0 Å². The number of nitro groups is 1. The van der Waals surface area contributed by atoms with Gasteiger partial charge in [-0.05, 0) is 18.2 Å². The number of aromatic nitrogens is 4. The molecule has 0 aliphatic carbocycles. The molecular weight excluding hydrogens is 453 g/mol. The number of hydrogen-bond acceptors (Lipinski definition) is 7. The Morgan fingerprint density at radius 2 is 2.03 bits per heavy atom. The minimum Gasteiger partial charge on any atom is -0.476 e. The number of para-hydroxylation sites is 1. The summed E-state index contributed by atoms with van der Waals surface area (Å²) in [5.41, 5.74) is -1.85. The number of amides is 2. The summed E-state index contributed by atoms with van der Waals surface area (Å²) in [5.74, 6) is -2.15. The molecule has 14 heteroatoms. The van der Waals surface area contributed by atoms with Gasteiger partial charge in [0.05, 0.1) is 40.2 Å². The molecule has 34 heavy (non-hydrogen) atoms. The van der Waals surface area contributed by atoms with E-state index in [1.54, 1.807) is 6.07 Å². The Balaban J connectivity index is 1.59. The van der Waals surface area contributed by atoms with Crippen LogP contribution in [0.2, 0.25) is 0 Å². The number of aromatic amines is 1. The molecule has 2 amide bonds. The molecule has 0 aliphatic rings. The number of carbonyl (C=O) groups excluding carboxylic acids is 1. The van der Waals surface area contributed by atoms with Gasteiger partial charge in [0.25, 0.3) is 11.2 Å². The van der Waals surface area contributed by atoms with E-state index in [4.69, 9.17) is 5.11 Å². The molecule has 2 heterocycles. The number of nitrogens with one attached hydrogen (secondary N) is 3. The highest BCUT2D eigenvalue weighted by atomic mass is 19.1. The third kappa shape index (κ3) is 4.40. The molecule has 2 aromatic carbocycles. The number of aromatic carboxylic acids is 1. The molecule has 0 fully saturated rings. The van der Waals surface area contributed by atoms with Crippen LogP contribution >= 0.6 is 0 Å². The number of carboxylic acids is 1. The average Bonchev–Trinajstić information content (AvgIpc) is 3.26. The van der Waals surface area contributed by atoms with E-state index in [1.165, 1.54) is 41.4 Å². The van der Waals surface area contributed by atoms with Crippen LogP contribution in [0.15, 0.2) is 53.7 Å². The first-order valence-corrected chi connectivity index (χ1v) is 9.51. The van der Waals surface area contributed by atoms with E-state index < -0.39 is 39.7 Å². The summed E-state index contributed by atoms with van der Waals surface area (Å²) in [6.45, 7) is -0.0800. The Labute approximate surface area is 188 Å². The molecule has 0 radical (unpaired) electrons. The third-order valence-corrected chi connectivity index (χ3v) is 4.65. The average molecular weight is 467 g/mol. The van der Waals surface area contributed by atoms with Gasteiger partial charge in [0, 0.05) is 12.3 Å². The van der Waals surface area contributed by atoms with Crippen molar-refractivity contribution < 1.29 is 24.0 Å². The fourth-order valence-corrected chi connectivity index (χ4v) is 3.10. The fraction of sp³-hybridized carbons (Fsp3) is 0.0500. The second kappa shape index (κ2) is 8.78. The lowest BCUT2D eigenvalue weighted by Gasteiger charge is -2.07. The van der Waals surface area contributed by atoms with Gasteiger partial charge in [-0.2, -0.15) is 0 Å². The number of carboxylic acid groups (broad SMARTS) is 1. The highest BCUT2D eigenvalue weighted by Crippen LogP contribution is 2.27. The summed E-state index contributed by atoms with van der Waals surface area (Å²) in [4.78, 5) is 56.1. The van der Waals surface area contributed by atoms with E-state index in [-0.39, 0.29) is 29.0 Å². The highest BCUT2D eigenvalue weighted by molar-refractivity contribution is 5.90. The van der Waals surface area contributed by atoms with Gasteiger partial charge in [-0.25, -0.2) is 23.9 Å². The van der Waals surface area contributed by atoms with Crippen LogP contribution in [-0.2, 0) is 6.54 Å². The van der Waals surface area contributed by atoms with Gasteiger partial charge in [-0.1, -0.05) is 12.1 Å². The van der Waals surface area contributed by atoms with E-state index in [0.717, 1.165) is 6.07 Å². The number of rotatable bonds is 6. The number of H-pyrrole nitrogens is 1. The quantitative estimate of drug-likeness (QED) is 0.245. The van der Waals surface area contributed by atoms with Crippen molar-refractivity contribution in [3.63, 3.8) is 0 Å². The van der Waals surface area contributed by atoms with Gasteiger partial charge < -0.3 is 20.7 Å². The predicted molar refractivity (Wildman–Crippen MR) is 115 cm³/mol. The van der Waals surface area contributed by atoms with Crippen molar-refractivity contribution in [1.82, 2.24) is 24.8 Å². The van der Waals surface area contributed by atoms with E-state index >= 15 is 0 Å². The standard InChI is InChI=1S/C20H14FN7O6/c21-11-3-1-2-4-12(11)26-20(32)22-7-10-8-27(9-23-10)15-5-13-14(6-16(15)28(33)34)25-18(29)17(24-13)19(30)31/h1-6,8-9H,7H2,(H,25,29)(H,30,31)(H2,22,26,32). The van der Waals surface area contributed by atoms with Crippen molar-refractivity contribution in [2.45, 2.75) is 6.54 Å². The minimum atomic E-state index is -1.55. The van der Waals surface area contributed by atoms with Crippen molar-refractivity contribution in [2.24, 2.45) is 0 Å². The second-order valence-electron chi connectivity index (χ2n) is 6.89. The van der Waals surface area contributed by atoms with Crippen LogP contribution in [0.4, 0.5) is 20.6 Å². The predicted octanol–water partition coefficient (Wildman–Crippen LogP) is 2.18.